The Morgan fingerprint density at radius 2 is 0.581 bits per heavy atom. The molecule has 7 rings (SSSR count). The molecule has 0 aliphatic heterocycles. The SMILES string of the molecule is O=CO.OCCO.c1cc2ccc3ccc4ccc5ccc6ccc1c1c2c3c4c5c61. The first-order valence-corrected chi connectivity index (χ1v) is 10.1. The van der Waals surface area contributed by atoms with E-state index < -0.39 is 0 Å². The van der Waals surface area contributed by atoms with Crippen LogP contribution in [0.15, 0.2) is 72.8 Å². The lowest BCUT2D eigenvalue weighted by Gasteiger charge is -2.20. The first-order valence-electron chi connectivity index (χ1n) is 10.1. The molecule has 0 unspecified atom stereocenters. The van der Waals surface area contributed by atoms with Gasteiger partial charge in [0.05, 0.1) is 13.2 Å². The van der Waals surface area contributed by atoms with Gasteiger partial charge in [-0.25, -0.2) is 0 Å². The molecule has 0 bridgehead atoms. The molecule has 0 fully saturated rings. The molecule has 7 aromatic rings. The van der Waals surface area contributed by atoms with Crippen molar-refractivity contribution in [3.8, 4) is 0 Å². The van der Waals surface area contributed by atoms with E-state index in [-0.39, 0.29) is 19.7 Å². The number of carboxylic acid groups (broad SMARTS) is 1. The third-order valence-corrected chi connectivity index (χ3v) is 5.99. The third-order valence-electron chi connectivity index (χ3n) is 5.99. The molecule has 0 aliphatic carbocycles. The summed E-state index contributed by atoms with van der Waals surface area (Å²) in [5, 5.41) is 38.9. The van der Waals surface area contributed by atoms with Crippen LogP contribution in [-0.2, 0) is 4.79 Å². The molecule has 31 heavy (non-hydrogen) atoms. The number of aliphatic hydroxyl groups excluding tert-OH is 2. The van der Waals surface area contributed by atoms with Gasteiger partial charge in [-0.1, -0.05) is 72.8 Å². The van der Waals surface area contributed by atoms with Crippen LogP contribution in [0, 0.1) is 0 Å². The van der Waals surface area contributed by atoms with Gasteiger partial charge in [-0.05, 0) is 64.6 Å². The Kier molecular flexibility index (Phi) is 4.66. The Balaban J connectivity index is 0.000000261. The van der Waals surface area contributed by atoms with Crippen LogP contribution in [0.3, 0.4) is 0 Å². The number of hydrogen-bond donors (Lipinski definition) is 3. The highest BCUT2D eigenvalue weighted by Gasteiger charge is 2.19. The normalized spacial score (nSPS) is 11.4. The first-order chi connectivity index (χ1) is 15.2. The number of hydrogen-bond acceptors (Lipinski definition) is 3. The van der Waals surface area contributed by atoms with E-state index in [1.54, 1.807) is 0 Å². The molecular formula is C27H20O4. The summed E-state index contributed by atoms with van der Waals surface area (Å²) in [4.78, 5) is 8.36. The van der Waals surface area contributed by atoms with Gasteiger partial charge in [0.2, 0.25) is 0 Å². The van der Waals surface area contributed by atoms with Crippen molar-refractivity contribution >= 4 is 71.1 Å². The summed E-state index contributed by atoms with van der Waals surface area (Å²) in [5.74, 6) is 0. The molecule has 0 aromatic heterocycles. The number of benzene rings is 7. The van der Waals surface area contributed by atoms with E-state index in [0.29, 0.717) is 0 Å². The molecule has 3 N–H and O–H groups in total. The Labute approximate surface area is 177 Å². The zero-order valence-corrected chi connectivity index (χ0v) is 16.7. The molecule has 0 atom stereocenters. The molecule has 4 heteroatoms. The summed E-state index contributed by atoms with van der Waals surface area (Å²) < 4.78 is 0. The molecule has 0 heterocycles. The lowest BCUT2D eigenvalue weighted by Crippen LogP contribution is -1.91. The maximum atomic E-state index is 8.36. The van der Waals surface area contributed by atoms with E-state index in [4.69, 9.17) is 20.1 Å². The van der Waals surface area contributed by atoms with Gasteiger partial charge < -0.3 is 15.3 Å². The van der Waals surface area contributed by atoms with Crippen molar-refractivity contribution in [3.63, 3.8) is 0 Å². The summed E-state index contributed by atoms with van der Waals surface area (Å²) in [5.41, 5.74) is 0. The van der Waals surface area contributed by atoms with Gasteiger partial charge in [-0.15, -0.1) is 0 Å². The van der Waals surface area contributed by atoms with Gasteiger partial charge in [-0.3, -0.25) is 4.79 Å². The zero-order chi connectivity index (χ0) is 21.5. The van der Waals surface area contributed by atoms with Gasteiger partial charge in [0, 0.05) is 0 Å². The predicted octanol–water partition coefficient (Wildman–Crippen LogP) is 5.59. The van der Waals surface area contributed by atoms with Crippen LogP contribution in [0.2, 0.25) is 0 Å². The molecule has 0 saturated carbocycles. The first kappa shape index (κ1) is 19.2. The minimum absolute atomic E-state index is 0.125. The molecule has 0 spiro atoms. The van der Waals surface area contributed by atoms with Gasteiger partial charge >= 0.3 is 0 Å². The molecule has 7 aromatic carbocycles. The maximum absolute atomic E-state index is 8.36. The van der Waals surface area contributed by atoms with Crippen LogP contribution in [0.1, 0.15) is 0 Å². The van der Waals surface area contributed by atoms with Crippen LogP contribution in [0.25, 0.3) is 64.6 Å². The number of carbonyl (C=O) groups is 1. The van der Waals surface area contributed by atoms with Gasteiger partial charge in [-0.2, -0.15) is 0 Å². The number of rotatable bonds is 1. The third kappa shape index (κ3) is 2.73. The van der Waals surface area contributed by atoms with Crippen LogP contribution >= 0.6 is 0 Å². The summed E-state index contributed by atoms with van der Waals surface area (Å²) in [7, 11) is 0. The average molecular weight is 408 g/mol. The van der Waals surface area contributed by atoms with Crippen molar-refractivity contribution in [1.29, 1.82) is 0 Å². The van der Waals surface area contributed by atoms with Crippen LogP contribution in [0.4, 0.5) is 0 Å². The van der Waals surface area contributed by atoms with Crippen LogP contribution in [-0.4, -0.2) is 35.0 Å². The van der Waals surface area contributed by atoms with Crippen molar-refractivity contribution < 1.29 is 20.1 Å². The lowest BCUT2D eigenvalue weighted by atomic mass is 9.83. The molecule has 4 nitrogen and oxygen atoms in total. The Bertz CT molecular complexity index is 1240. The van der Waals surface area contributed by atoms with E-state index in [1.165, 1.54) is 64.6 Å². The fraction of sp³-hybridized carbons (Fsp3) is 0.0741. The summed E-state index contributed by atoms with van der Waals surface area (Å²) in [6, 6.07) is 27.3. The quantitative estimate of drug-likeness (QED) is 0.188. The zero-order valence-electron chi connectivity index (χ0n) is 16.7. The van der Waals surface area contributed by atoms with Crippen LogP contribution < -0.4 is 0 Å². The molecule has 152 valence electrons. The molecule has 0 radical (unpaired) electrons. The highest BCUT2D eigenvalue weighted by molar-refractivity contribution is 6.44. The second kappa shape index (κ2) is 7.51. The standard InChI is InChI=1S/C24H12.C2H6O2.CH2O2/c1-2-14-5-6-16-9-11-18-12-10-17-8-7-15-4-3-13(1)19-20(14)22(16)24(18)23(17)21(15)19;3-1-2-4;2-1-3/h1-12H;3-4H,1-2H2;1H,(H,2,3). The Morgan fingerprint density at radius 1 is 0.452 bits per heavy atom. The molecular weight excluding hydrogens is 388 g/mol. The van der Waals surface area contributed by atoms with E-state index in [0.717, 1.165) is 0 Å². The van der Waals surface area contributed by atoms with E-state index in [9.17, 15) is 0 Å². The molecule has 0 aliphatic rings. The van der Waals surface area contributed by atoms with E-state index >= 15 is 0 Å². The highest BCUT2D eigenvalue weighted by atomic mass is 16.3. The lowest BCUT2D eigenvalue weighted by molar-refractivity contribution is -0.122. The number of aliphatic hydroxyl groups is 2. The topological polar surface area (TPSA) is 77.8 Å². The van der Waals surface area contributed by atoms with Crippen molar-refractivity contribution in [1.82, 2.24) is 0 Å². The fourth-order valence-corrected chi connectivity index (χ4v) is 4.89. The Morgan fingerprint density at radius 3 is 0.677 bits per heavy atom. The predicted molar refractivity (Wildman–Crippen MR) is 128 cm³/mol. The van der Waals surface area contributed by atoms with E-state index in [2.05, 4.69) is 72.8 Å². The average Bonchev–Trinajstić information content (AvgIpc) is 2.83. The van der Waals surface area contributed by atoms with Crippen molar-refractivity contribution in [2.45, 2.75) is 0 Å². The minimum atomic E-state index is -0.250. The van der Waals surface area contributed by atoms with E-state index in [1.807, 2.05) is 0 Å². The summed E-state index contributed by atoms with van der Waals surface area (Å²) in [6.07, 6.45) is 0. The highest BCUT2D eigenvalue weighted by Crippen LogP contribution is 2.47. The fourth-order valence-electron chi connectivity index (χ4n) is 4.89. The summed E-state index contributed by atoms with van der Waals surface area (Å²) >= 11 is 0. The Hall–Kier alpha value is -3.73. The van der Waals surface area contributed by atoms with Crippen LogP contribution in [0.5, 0.6) is 0 Å². The van der Waals surface area contributed by atoms with Crippen molar-refractivity contribution in [2.24, 2.45) is 0 Å². The van der Waals surface area contributed by atoms with Crippen molar-refractivity contribution in [3.05, 3.63) is 72.8 Å². The monoisotopic (exact) mass is 408 g/mol. The smallest absolute Gasteiger partial charge is 0.290 e. The van der Waals surface area contributed by atoms with Gasteiger partial charge in [0.25, 0.3) is 6.47 Å². The summed E-state index contributed by atoms with van der Waals surface area (Å²) in [6.45, 7) is -0.500. The molecule has 0 amide bonds. The second-order valence-corrected chi connectivity index (χ2v) is 7.53. The van der Waals surface area contributed by atoms with Gasteiger partial charge in [0.1, 0.15) is 0 Å². The van der Waals surface area contributed by atoms with Crippen molar-refractivity contribution in [2.75, 3.05) is 13.2 Å². The minimum Gasteiger partial charge on any atom is -0.483 e. The largest absolute Gasteiger partial charge is 0.483 e. The molecule has 0 saturated heterocycles. The second-order valence-electron chi connectivity index (χ2n) is 7.53. The van der Waals surface area contributed by atoms with Gasteiger partial charge in [0.15, 0.2) is 0 Å². The maximum Gasteiger partial charge on any atom is 0.290 e.